The molecule has 0 aromatic carbocycles. The molecular weight excluding hydrogens is 288 g/mol. The first-order chi connectivity index (χ1) is 10.0. The summed E-state index contributed by atoms with van der Waals surface area (Å²) >= 11 is 1.61. The zero-order valence-corrected chi connectivity index (χ0v) is 13.4. The molecule has 0 bridgehead atoms. The van der Waals surface area contributed by atoms with Crippen molar-refractivity contribution >= 4 is 22.9 Å². The molecule has 114 valence electrons. The van der Waals surface area contributed by atoms with Gasteiger partial charge in [0.05, 0.1) is 0 Å². The highest BCUT2D eigenvalue weighted by Crippen LogP contribution is 2.22. The second-order valence-electron chi connectivity index (χ2n) is 4.87. The van der Waals surface area contributed by atoms with Crippen LogP contribution in [0.5, 0.6) is 0 Å². The monoisotopic (exact) mass is 308 g/mol. The smallest absolute Gasteiger partial charge is 0.309 e. The lowest BCUT2D eigenvalue weighted by Gasteiger charge is -2.06. The molecule has 21 heavy (non-hydrogen) atoms. The van der Waals surface area contributed by atoms with Crippen LogP contribution in [-0.4, -0.2) is 24.4 Å². The molecule has 0 spiro atoms. The Morgan fingerprint density at radius 3 is 2.62 bits per heavy atom. The second kappa shape index (κ2) is 6.34. The molecule has 0 unspecified atom stereocenters. The van der Waals surface area contributed by atoms with Gasteiger partial charge < -0.3 is 4.57 Å². The maximum atomic E-state index is 12.4. The van der Waals surface area contributed by atoms with Gasteiger partial charge in [0, 0.05) is 26.4 Å². The summed E-state index contributed by atoms with van der Waals surface area (Å²) in [5.74, 6) is 0.936. The molecule has 0 radical (unpaired) electrons. The Bertz CT molecular complexity index is 785. The number of aryl methyl sites for hydroxylation is 1. The Balaban J connectivity index is 2.71. The lowest BCUT2D eigenvalue weighted by Crippen LogP contribution is -2.37. The van der Waals surface area contributed by atoms with Crippen molar-refractivity contribution in [2.24, 2.45) is 14.1 Å². The Morgan fingerprint density at radius 1 is 1.29 bits per heavy atom. The number of nitrogens with zero attached hydrogens (tertiary/aromatic N) is 4. The van der Waals surface area contributed by atoms with E-state index in [0.717, 1.165) is 28.3 Å². The lowest BCUT2D eigenvalue weighted by atomic mass is 10.4. The average molecular weight is 308 g/mol. The molecule has 7 heteroatoms. The van der Waals surface area contributed by atoms with Crippen LogP contribution in [0.4, 0.5) is 0 Å². The van der Waals surface area contributed by atoms with Gasteiger partial charge in [-0.15, -0.1) is 6.58 Å². The largest absolute Gasteiger partial charge is 0.332 e. The summed E-state index contributed by atoms with van der Waals surface area (Å²) in [6, 6.07) is 0. The van der Waals surface area contributed by atoms with Gasteiger partial charge in [-0.2, -0.15) is 0 Å². The van der Waals surface area contributed by atoms with Crippen molar-refractivity contribution in [2.75, 3.05) is 5.75 Å². The van der Waals surface area contributed by atoms with Crippen molar-refractivity contribution in [3.05, 3.63) is 33.5 Å². The molecule has 2 heterocycles. The van der Waals surface area contributed by atoms with Gasteiger partial charge in [-0.25, -0.2) is 9.78 Å². The van der Waals surface area contributed by atoms with E-state index in [1.54, 1.807) is 24.9 Å². The van der Waals surface area contributed by atoms with Gasteiger partial charge in [0.2, 0.25) is 0 Å². The number of thioether (sulfide) groups is 1. The predicted molar refractivity (Wildman–Crippen MR) is 86.0 cm³/mol. The van der Waals surface area contributed by atoms with Gasteiger partial charge in [-0.05, 0) is 6.42 Å². The minimum atomic E-state index is -0.360. The third-order valence-corrected chi connectivity index (χ3v) is 4.42. The fraction of sp³-hybridized carbons (Fsp3) is 0.500. The molecule has 6 nitrogen and oxygen atoms in total. The SMILES string of the molecule is C=CCn1c(SCCCC)nc2c1c(=O)n(C)c(=O)n2C. The standard InChI is InChI=1S/C14H20N4O2S/c1-5-7-9-21-13-15-11-10(18(13)8-6-2)12(19)17(4)14(20)16(11)3/h6H,2,5,7-9H2,1,3-4H3. The second-order valence-corrected chi connectivity index (χ2v) is 5.94. The summed E-state index contributed by atoms with van der Waals surface area (Å²) in [6.07, 6.45) is 3.92. The van der Waals surface area contributed by atoms with E-state index in [2.05, 4.69) is 18.5 Å². The van der Waals surface area contributed by atoms with Crippen molar-refractivity contribution in [1.82, 2.24) is 18.7 Å². The van der Waals surface area contributed by atoms with Crippen LogP contribution in [0.15, 0.2) is 27.4 Å². The molecule has 0 aliphatic rings. The van der Waals surface area contributed by atoms with Gasteiger partial charge in [0.25, 0.3) is 5.56 Å². The highest BCUT2D eigenvalue weighted by Gasteiger charge is 2.18. The number of unbranched alkanes of at least 4 members (excludes halogenated alkanes) is 1. The first kappa shape index (κ1) is 15.6. The normalized spacial score (nSPS) is 11.2. The minimum Gasteiger partial charge on any atom is -0.309 e. The Labute approximate surface area is 127 Å². The van der Waals surface area contributed by atoms with E-state index in [9.17, 15) is 9.59 Å². The number of aromatic nitrogens is 4. The first-order valence-corrected chi connectivity index (χ1v) is 7.91. The average Bonchev–Trinajstić information content (AvgIpc) is 2.83. The van der Waals surface area contributed by atoms with E-state index in [4.69, 9.17) is 0 Å². The van der Waals surface area contributed by atoms with Gasteiger partial charge in [-0.1, -0.05) is 31.2 Å². The van der Waals surface area contributed by atoms with E-state index >= 15 is 0 Å². The highest BCUT2D eigenvalue weighted by atomic mass is 32.2. The fourth-order valence-electron chi connectivity index (χ4n) is 2.14. The van der Waals surface area contributed by atoms with Crippen molar-refractivity contribution < 1.29 is 0 Å². The summed E-state index contributed by atoms with van der Waals surface area (Å²) < 4.78 is 4.37. The number of rotatable bonds is 6. The number of allylic oxidation sites excluding steroid dienone is 1. The zero-order valence-electron chi connectivity index (χ0n) is 12.6. The van der Waals surface area contributed by atoms with Crippen LogP contribution in [0.2, 0.25) is 0 Å². The van der Waals surface area contributed by atoms with Crippen molar-refractivity contribution in [3.8, 4) is 0 Å². The highest BCUT2D eigenvalue weighted by molar-refractivity contribution is 7.99. The van der Waals surface area contributed by atoms with E-state index < -0.39 is 0 Å². The number of hydrogen-bond donors (Lipinski definition) is 0. The summed E-state index contributed by atoms with van der Waals surface area (Å²) in [5, 5.41) is 0.761. The van der Waals surface area contributed by atoms with Crippen LogP contribution in [0, 0.1) is 0 Å². The molecule has 0 fully saturated rings. The van der Waals surface area contributed by atoms with Gasteiger partial charge in [0.15, 0.2) is 16.3 Å². The van der Waals surface area contributed by atoms with Crippen molar-refractivity contribution in [3.63, 3.8) is 0 Å². The summed E-state index contributed by atoms with van der Waals surface area (Å²) in [5.41, 5.74) is 0.216. The third-order valence-electron chi connectivity index (χ3n) is 3.35. The van der Waals surface area contributed by atoms with E-state index in [1.165, 1.54) is 11.6 Å². The van der Waals surface area contributed by atoms with Gasteiger partial charge in [0.1, 0.15) is 0 Å². The number of fused-ring (bicyclic) bond motifs is 1. The molecule has 0 aliphatic heterocycles. The molecule has 0 saturated carbocycles. The van der Waals surface area contributed by atoms with E-state index in [-0.39, 0.29) is 11.2 Å². The van der Waals surface area contributed by atoms with Crippen LogP contribution in [-0.2, 0) is 20.6 Å². The topological polar surface area (TPSA) is 61.8 Å². The van der Waals surface area contributed by atoms with Gasteiger partial charge >= 0.3 is 5.69 Å². The van der Waals surface area contributed by atoms with Crippen molar-refractivity contribution in [1.29, 1.82) is 0 Å². The number of imidazole rings is 1. The summed E-state index contributed by atoms with van der Waals surface area (Å²) in [7, 11) is 3.12. The fourth-order valence-corrected chi connectivity index (χ4v) is 3.23. The molecule has 0 amide bonds. The molecule has 0 N–H and O–H groups in total. The third kappa shape index (κ3) is 2.70. The molecule has 0 saturated heterocycles. The molecule has 2 aromatic rings. The maximum Gasteiger partial charge on any atom is 0.332 e. The molecule has 0 aliphatic carbocycles. The number of hydrogen-bond acceptors (Lipinski definition) is 4. The molecule has 2 rings (SSSR count). The van der Waals surface area contributed by atoms with E-state index in [1.807, 2.05) is 4.57 Å². The lowest BCUT2D eigenvalue weighted by molar-refractivity contribution is 0.700. The van der Waals surface area contributed by atoms with Crippen LogP contribution >= 0.6 is 11.8 Å². The van der Waals surface area contributed by atoms with E-state index in [0.29, 0.717) is 17.7 Å². The Morgan fingerprint density at radius 2 is 2.00 bits per heavy atom. The summed E-state index contributed by atoms with van der Waals surface area (Å²) in [4.78, 5) is 28.9. The van der Waals surface area contributed by atoms with Crippen LogP contribution in [0.1, 0.15) is 19.8 Å². The quantitative estimate of drug-likeness (QED) is 0.461. The summed E-state index contributed by atoms with van der Waals surface area (Å²) in [6.45, 7) is 6.37. The predicted octanol–water partition coefficient (Wildman–Crippen LogP) is 1.51. The molecule has 2 aromatic heterocycles. The minimum absolute atomic E-state index is 0.315. The van der Waals surface area contributed by atoms with Crippen LogP contribution in [0.25, 0.3) is 11.2 Å². The Kier molecular flexibility index (Phi) is 4.72. The zero-order chi connectivity index (χ0) is 15.6. The van der Waals surface area contributed by atoms with Crippen LogP contribution in [0.3, 0.4) is 0 Å². The van der Waals surface area contributed by atoms with Gasteiger partial charge in [-0.3, -0.25) is 13.9 Å². The van der Waals surface area contributed by atoms with Crippen LogP contribution < -0.4 is 11.2 Å². The molecular formula is C14H20N4O2S. The molecule has 0 atom stereocenters. The van der Waals surface area contributed by atoms with Crippen molar-refractivity contribution in [2.45, 2.75) is 31.5 Å². The first-order valence-electron chi connectivity index (χ1n) is 6.92. The maximum absolute atomic E-state index is 12.4. The Hall–Kier alpha value is -1.76.